The molecule has 0 radical (unpaired) electrons. The first-order valence-corrected chi connectivity index (χ1v) is 6.47. The first-order valence-electron chi connectivity index (χ1n) is 6.09. The zero-order chi connectivity index (χ0) is 14.5. The molecule has 0 heterocycles. The van der Waals surface area contributed by atoms with Crippen LogP contribution in [-0.4, -0.2) is 5.91 Å². The van der Waals surface area contributed by atoms with Crippen molar-refractivity contribution in [2.75, 3.05) is 0 Å². The summed E-state index contributed by atoms with van der Waals surface area (Å²) < 4.78 is 13.5. The number of benzene rings is 2. The third kappa shape index (κ3) is 3.56. The first kappa shape index (κ1) is 14.5. The highest BCUT2D eigenvalue weighted by Gasteiger charge is 2.18. The van der Waals surface area contributed by atoms with E-state index in [1.807, 2.05) is 30.3 Å². The Morgan fingerprint density at radius 3 is 2.55 bits per heavy atom. The maximum atomic E-state index is 13.5. The summed E-state index contributed by atoms with van der Waals surface area (Å²) in [6.45, 7) is 0.457. The number of rotatable bonds is 5. The van der Waals surface area contributed by atoms with Crippen molar-refractivity contribution < 1.29 is 9.18 Å². The molecule has 1 amide bonds. The molecule has 0 aliphatic carbocycles. The Labute approximate surface area is 121 Å². The Kier molecular flexibility index (Phi) is 4.71. The molecule has 1 unspecified atom stereocenters. The van der Waals surface area contributed by atoms with Gasteiger partial charge in [0.05, 0.1) is 5.02 Å². The van der Waals surface area contributed by atoms with Gasteiger partial charge in [0.25, 0.3) is 0 Å². The highest BCUT2D eigenvalue weighted by atomic mass is 35.5. The molecule has 2 aromatic rings. The monoisotopic (exact) mass is 292 g/mol. The van der Waals surface area contributed by atoms with E-state index in [4.69, 9.17) is 17.3 Å². The van der Waals surface area contributed by atoms with Crippen LogP contribution in [0.15, 0.2) is 48.5 Å². The Hall–Kier alpha value is -1.91. The molecule has 2 rings (SSSR count). The lowest BCUT2D eigenvalue weighted by atomic mass is 10.1. The van der Waals surface area contributed by atoms with Crippen molar-refractivity contribution in [2.45, 2.75) is 12.6 Å². The lowest BCUT2D eigenvalue weighted by Gasteiger charge is -2.16. The van der Waals surface area contributed by atoms with E-state index in [0.717, 1.165) is 5.56 Å². The minimum atomic E-state index is -0.762. The van der Waals surface area contributed by atoms with Crippen molar-refractivity contribution in [3.63, 3.8) is 0 Å². The second kappa shape index (κ2) is 6.50. The molecule has 5 heteroatoms. The van der Waals surface area contributed by atoms with E-state index in [-0.39, 0.29) is 5.02 Å². The number of carbonyl (C=O) groups is 1. The van der Waals surface area contributed by atoms with Gasteiger partial charge in [0.15, 0.2) is 0 Å². The summed E-state index contributed by atoms with van der Waals surface area (Å²) in [5.41, 5.74) is 6.83. The van der Waals surface area contributed by atoms with Crippen molar-refractivity contribution in [3.05, 3.63) is 70.5 Å². The molecule has 0 bridgehead atoms. The van der Waals surface area contributed by atoms with Crippen LogP contribution in [0, 0.1) is 5.82 Å². The van der Waals surface area contributed by atoms with Gasteiger partial charge in [-0.3, -0.25) is 10.1 Å². The van der Waals surface area contributed by atoms with Gasteiger partial charge in [0, 0.05) is 6.54 Å². The Balaban J connectivity index is 2.15. The number of nitrogens with one attached hydrogen (secondary N) is 1. The number of amides is 1. The fourth-order valence-corrected chi connectivity index (χ4v) is 2.01. The molecule has 0 spiro atoms. The topological polar surface area (TPSA) is 55.1 Å². The average Bonchev–Trinajstić information content (AvgIpc) is 2.43. The molecule has 0 aliphatic heterocycles. The van der Waals surface area contributed by atoms with Gasteiger partial charge in [-0.2, -0.15) is 0 Å². The lowest BCUT2D eigenvalue weighted by molar-refractivity contribution is -0.120. The van der Waals surface area contributed by atoms with Crippen LogP contribution in [0.2, 0.25) is 5.02 Å². The van der Waals surface area contributed by atoms with E-state index < -0.39 is 17.8 Å². The van der Waals surface area contributed by atoms with E-state index in [9.17, 15) is 9.18 Å². The molecule has 1 atom stereocenters. The summed E-state index contributed by atoms with van der Waals surface area (Å²) in [7, 11) is 0. The molecule has 0 saturated carbocycles. The Bertz CT molecular complexity index is 604. The van der Waals surface area contributed by atoms with Crippen LogP contribution < -0.4 is 11.1 Å². The van der Waals surface area contributed by atoms with E-state index in [0.29, 0.717) is 12.1 Å². The molecular weight excluding hydrogens is 279 g/mol. The second-order valence-electron chi connectivity index (χ2n) is 4.38. The smallest absolute Gasteiger partial charge is 0.239 e. The van der Waals surface area contributed by atoms with Gasteiger partial charge in [-0.15, -0.1) is 0 Å². The zero-order valence-electron chi connectivity index (χ0n) is 10.6. The molecule has 3 N–H and O–H groups in total. The number of hydrogen-bond acceptors (Lipinski definition) is 2. The Morgan fingerprint density at radius 2 is 1.95 bits per heavy atom. The van der Waals surface area contributed by atoms with Gasteiger partial charge in [-0.05, 0) is 23.3 Å². The summed E-state index contributed by atoms with van der Waals surface area (Å²) in [5.74, 6) is -1.14. The van der Waals surface area contributed by atoms with Crippen LogP contribution in [0.5, 0.6) is 0 Å². The zero-order valence-corrected chi connectivity index (χ0v) is 11.4. The molecular formula is C15H14ClFN2O. The third-order valence-corrected chi connectivity index (χ3v) is 3.22. The van der Waals surface area contributed by atoms with Gasteiger partial charge in [-0.1, -0.05) is 48.0 Å². The molecule has 0 aliphatic rings. The van der Waals surface area contributed by atoms with Crippen molar-refractivity contribution >= 4 is 17.5 Å². The van der Waals surface area contributed by atoms with Crippen LogP contribution in [0.3, 0.4) is 0 Å². The van der Waals surface area contributed by atoms with E-state index in [1.165, 1.54) is 12.1 Å². The third-order valence-electron chi connectivity index (χ3n) is 2.91. The van der Waals surface area contributed by atoms with E-state index in [2.05, 4.69) is 5.32 Å². The van der Waals surface area contributed by atoms with E-state index in [1.54, 1.807) is 6.07 Å². The minimum absolute atomic E-state index is 0.0139. The summed E-state index contributed by atoms with van der Waals surface area (Å²) in [5, 5.41) is 3.03. The summed E-state index contributed by atoms with van der Waals surface area (Å²) in [4.78, 5) is 11.5. The number of hydrogen-bond donors (Lipinski definition) is 2. The average molecular weight is 293 g/mol. The molecule has 3 nitrogen and oxygen atoms in total. The van der Waals surface area contributed by atoms with Gasteiger partial charge in [0.1, 0.15) is 11.9 Å². The normalized spacial score (nSPS) is 12.1. The SMILES string of the molecule is NC(=O)C(NCc1ccccc1)c1ccc(Cl)c(F)c1. The van der Waals surface area contributed by atoms with Crippen LogP contribution in [0.25, 0.3) is 0 Å². The fourth-order valence-electron chi connectivity index (χ4n) is 1.89. The van der Waals surface area contributed by atoms with Crippen LogP contribution >= 0.6 is 11.6 Å². The maximum Gasteiger partial charge on any atom is 0.239 e. The van der Waals surface area contributed by atoms with Gasteiger partial charge in [-0.25, -0.2) is 4.39 Å². The van der Waals surface area contributed by atoms with Crippen molar-refractivity contribution in [2.24, 2.45) is 5.73 Å². The van der Waals surface area contributed by atoms with Crippen molar-refractivity contribution in [1.29, 1.82) is 0 Å². The van der Waals surface area contributed by atoms with Crippen LogP contribution in [0.4, 0.5) is 4.39 Å². The highest BCUT2D eigenvalue weighted by Crippen LogP contribution is 2.20. The van der Waals surface area contributed by atoms with Crippen molar-refractivity contribution in [1.82, 2.24) is 5.32 Å². The molecule has 104 valence electrons. The standard InChI is InChI=1S/C15H14ClFN2O/c16-12-7-6-11(8-13(12)17)14(15(18)20)19-9-10-4-2-1-3-5-10/h1-8,14,19H,9H2,(H2,18,20). The predicted octanol–water partition coefficient (Wildman–Crippen LogP) is 2.80. The quantitative estimate of drug-likeness (QED) is 0.890. The number of primary amides is 1. The minimum Gasteiger partial charge on any atom is -0.368 e. The highest BCUT2D eigenvalue weighted by molar-refractivity contribution is 6.30. The fraction of sp³-hybridized carbons (Fsp3) is 0.133. The van der Waals surface area contributed by atoms with Crippen molar-refractivity contribution in [3.8, 4) is 0 Å². The number of nitrogens with two attached hydrogens (primary N) is 1. The van der Waals surface area contributed by atoms with E-state index >= 15 is 0 Å². The molecule has 2 aromatic carbocycles. The molecule has 0 saturated heterocycles. The molecule has 0 aromatic heterocycles. The number of carbonyl (C=O) groups excluding carboxylic acids is 1. The first-order chi connectivity index (χ1) is 9.58. The molecule has 0 fully saturated rings. The summed E-state index contributed by atoms with van der Waals surface area (Å²) in [6, 6.07) is 13.0. The van der Waals surface area contributed by atoms with Crippen LogP contribution in [-0.2, 0) is 11.3 Å². The predicted molar refractivity (Wildman–Crippen MR) is 76.6 cm³/mol. The largest absolute Gasteiger partial charge is 0.368 e. The maximum absolute atomic E-state index is 13.5. The molecule has 20 heavy (non-hydrogen) atoms. The van der Waals surface area contributed by atoms with Gasteiger partial charge < -0.3 is 5.73 Å². The van der Waals surface area contributed by atoms with Crippen LogP contribution in [0.1, 0.15) is 17.2 Å². The summed E-state index contributed by atoms with van der Waals surface area (Å²) >= 11 is 5.63. The number of halogens is 2. The summed E-state index contributed by atoms with van der Waals surface area (Å²) in [6.07, 6.45) is 0. The lowest BCUT2D eigenvalue weighted by Crippen LogP contribution is -2.33. The van der Waals surface area contributed by atoms with Gasteiger partial charge >= 0.3 is 0 Å². The second-order valence-corrected chi connectivity index (χ2v) is 4.78. The van der Waals surface area contributed by atoms with Gasteiger partial charge in [0.2, 0.25) is 5.91 Å². The Morgan fingerprint density at radius 1 is 1.25 bits per heavy atom.